The lowest BCUT2D eigenvalue weighted by molar-refractivity contribution is -0.135. The van der Waals surface area contributed by atoms with Gasteiger partial charge in [-0.05, 0) is 36.8 Å². The van der Waals surface area contributed by atoms with Crippen molar-refractivity contribution in [1.82, 2.24) is 14.1 Å². The van der Waals surface area contributed by atoms with E-state index in [9.17, 15) is 13.2 Å². The third-order valence-electron chi connectivity index (χ3n) is 7.49. The van der Waals surface area contributed by atoms with Crippen LogP contribution in [0.15, 0.2) is 23.1 Å². The molecule has 4 aliphatic rings. The first kappa shape index (κ1) is 22.0. The zero-order chi connectivity index (χ0) is 22.1. The molecule has 0 radical (unpaired) electrons. The minimum atomic E-state index is -3.61. The Balaban J connectivity index is 1.15. The number of piperazine rings is 1. The summed E-state index contributed by atoms with van der Waals surface area (Å²) in [5, 5.41) is 0. The van der Waals surface area contributed by atoms with Crippen molar-refractivity contribution in [3.05, 3.63) is 18.2 Å². The highest BCUT2D eigenvalue weighted by Gasteiger charge is 2.34. The minimum absolute atomic E-state index is 0.192. The van der Waals surface area contributed by atoms with E-state index < -0.39 is 10.0 Å². The first-order valence-corrected chi connectivity index (χ1v) is 13.3. The van der Waals surface area contributed by atoms with Gasteiger partial charge in [-0.1, -0.05) is 19.3 Å². The van der Waals surface area contributed by atoms with Crippen molar-refractivity contribution in [1.29, 1.82) is 0 Å². The van der Waals surface area contributed by atoms with Gasteiger partial charge in [-0.15, -0.1) is 0 Å². The Morgan fingerprint density at radius 2 is 1.62 bits per heavy atom. The molecule has 8 nitrogen and oxygen atoms in total. The van der Waals surface area contributed by atoms with E-state index in [2.05, 4.69) is 4.90 Å². The van der Waals surface area contributed by atoms with Crippen LogP contribution >= 0.6 is 0 Å². The number of hydrogen-bond donors (Lipinski definition) is 0. The fourth-order valence-corrected chi connectivity index (χ4v) is 7.02. The van der Waals surface area contributed by atoms with Crippen LogP contribution < -0.4 is 9.47 Å². The summed E-state index contributed by atoms with van der Waals surface area (Å²) in [7, 11) is -3.61. The summed E-state index contributed by atoms with van der Waals surface area (Å²) in [6, 6.07) is 4.79. The number of carbonyl (C=O) groups is 1. The Morgan fingerprint density at radius 1 is 0.906 bits per heavy atom. The topological polar surface area (TPSA) is 79.4 Å². The number of rotatable bonds is 4. The molecule has 3 fully saturated rings. The summed E-state index contributed by atoms with van der Waals surface area (Å²) in [5.74, 6) is 2.73. The molecular weight excluding hydrogens is 430 g/mol. The standard InChI is InChI=1S/C23H33N3O5S/c27-23(25-8-7-18-3-1-2-4-19(18)16-25)17-24-9-11-26(12-10-24)32(28,29)20-5-6-21-22(15-20)31-14-13-30-21/h5-6,15,18-19H,1-4,7-14,16-17H2/t18-,19+/m0/s1. The number of ether oxygens (including phenoxy) is 2. The predicted molar refractivity (Wildman–Crippen MR) is 119 cm³/mol. The van der Waals surface area contributed by atoms with Crippen molar-refractivity contribution in [2.24, 2.45) is 11.8 Å². The molecule has 0 spiro atoms. The number of piperidine rings is 1. The van der Waals surface area contributed by atoms with E-state index in [0.717, 1.165) is 25.4 Å². The van der Waals surface area contributed by atoms with Crippen LogP contribution in [0, 0.1) is 11.8 Å². The molecule has 2 saturated heterocycles. The fourth-order valence-electron chi connectivity index (χ4n) is 5.58. The van der Waals surface area contributed by atoms with E-state index in [1.54, 1.807) is 18.2 Å². The molecule has 1 saturated carbocycles. The molecule has 176 valence electrons. The molecule has 3 heterocycles. The Bertz CT molecular complexity index is 945. The van der Waals surface area contributed by atoms with Gasteiger partial charge in [0.25, 0.3) is 0 Å². The van der Waals surface area contributed by atoms with Gasteiger partial charge in [0.2, 0.25) is 15.9 Å². The number of fused-ring (bicyclic) bond motifs is 2. The third-order valence-corrected chi connectivity index (χ3v) is 9.38. The zero-order valence-corrected chi connectivity index (χ0v) is 19.4. The number of benzene rings is 1. The van der Waals surface area contributed by atoms with Crippen LogP contribution in [-0.4, -0.2) is 87.5 Å². The summed E-state index contributed by atoms with van der Waals surface area (Å²) >= 11 is 0. The lowest BCUT2D eigenvalue weighted by Gasteiger charge is -2.42. The fraction of sp³-hybridized carbons (Fsp3) is 0.696. The first-order chi connectivity index (χ1) is 15.5. The second kappa shape index (κ2) is 9.19. The van der Waals surface area contributed by atoms with E-state index in [0.29, 0.717) is 63.4 Å². The van der Waals surface area contributed by atoms with Crippen LogP contribution in [0.25, 0.3) is 0 Å². The van der Waals surface area contributed by atoms with Crippen LogP contribution in [0.4, 0.5) is 0 Å². The third kappa shape index (κ3) is 4.47. The maximum Gasteiger partial charge on any atom is 0.243 e. The van der Waals surface area contributed by atoms with Crippen LogP contribution in [0.1, 0.15) is 32.1 Å². The molecule has 0 N–H and O–H groups in total. The Hall–Kier alpha value is -1.84. The first-order valence-electron chi connectivity index (χ1n) is 11.9. The van der Waals surface area contributed by atoms with Crippen molar-refractivity contribution in [2.45, 2.75) is 37.0 Å². The summed E-state index contributed by atoms with van der Waals surface area (Å²) in [5.41, 5.74) is 0. The average molecular weight is 464 g/mol. The number of sulfonamides is 1. The van der Waals surface area contributed by atoms with Crippen molar-refractivity contribution in [3.8, 4) is 11.5 Å². The molecule has 0 bridgehead atoms. The molecule has 1 aromatic carbocycles. The molecule has 32 heavy (non-hydrogen) atoms. The average Bonchev–Trinajstić information content (AvgIpc) is 2.83. The maximum atomic E-state index is 13.1. The lowest BCUT2D eigenvalue weighted by atomic mass is 9.75. The number of carbonyl (C=O) groups excluding carboxylic acids is 1. The van der Waals surface area contributed by atoms with Crippen molar-refractivity contribution < 1.29 is 22.7 Å². The van der Waals surface area contributed by atoms with Crippen molar-refractivity contribution in [3.63, 3.8) is 0 Å². The Labute approximate surface area is 190 Å². The van der Waals surface area contributed by atoms with Crippen LogP contribution in [0.5, 0.6) is 11.5 Å². The molecule has 1 aromatic rings. The summed E-state index contributed by atoms with van der Waals surface area (Å²) < 4.78 is 38.8. The van der Waals surface area contributed by atoms with E-state index in [1.807, 2.05) is 4.90 Å². The highest BCUT2D eigenvalue weighted by atomic mass is 32.2. The monoisotopic (exact) mass is 463 g/mol. The molecule has 9 heteroatoms. The van der Waals surface area contributed by atoms with Gasteiger partial charge in [0.05, 0.1) is 11.4 Å². The van der Waals surface area contributed by atoms with Crippen molar-refractivity contribution in [2.75, 3.05) is 59.0 Å². The highest BCUT2D eigenvalue weighted by Crippen LogP contribution is 2.36. The van der Waals surface area contributed by atoms with E-state index in [1.165, 1.54) is 30.0 Å². The van der Waals surface area contributed by atoms with Gasteiger partial charge in [-0.2, -0.15) is 4.31 Å². The zero-order valence-electron chi connectivity index (χ0n) is 18.6. The molecule has 3 aliphatic heterocycles. The SMILES string of the molecule is O=C(CN1CCN(S(=O)(=O)c2ccc3c(c2)OCCO3)CC1)N1CC[C@@H]2CCCC[C@@H]2C1. The summed E-state index contributed by atoms with van der Waals surface area (Å²) in [4.78, 5) is 17.3. The van der Waals surface area contributed by atoms with Crippen LogP contribution in [-0.2, 0) is 14.8 Å². The van der Waals surface area contributed by atoms with E-state index in [4.69, 9.17) is 9.47 Å². The molecule has 1 amide bonds. The second-order valence-electron chi connectivity index (χ2n) is 9.42. The predicted octanol–water partition coefficient (Wildman–Crippen LogP) is 1.80. The Morgan fingerprint density at radius 3 is 2.41 bits per heavy atom. The minimum Gasteiger partial charge on any atom is -0.486 e. The summed E-state index contributed by atoms with van der Waals surface area (Å²) in [6.07, 6.45) is 6.35. The number of hydrogen-bond acceptors (Lipinski definition) is 6. The molecule has 0 unspecified atom stereocenters. The van der Waals surface area contributed by atoms with Crippen molar-refractivity contribution >= 4 is 15.9 Å². The van der Waals surface area contributed by atoms with Gasteiger partial charge in [-0.25, -0.2) is 8.42 Å². The van der Waals surface area contributed by atoms with Gasteiger partial charge in [0, 0.05) is 45.3 Å². The summed E-state index contributed by atoms with van der Waals surface area (Å²) in [6.45, 7) is 4.95. The lowest BCUT2D eigenvalue weighted by Crippen LogP contribution is -2.53. The van der Waals surface area contributed by atoms with Gasteiger partial charge >= 0.3 is 0 Å². The van der Waals surface area contributed by atoms with Gasteiger partial charge in [-0.3, -0.25) is 9.69 Å². The largest absolute Gasteiger partial charge is 0.486 e. The number of likely N-dealkylation sites (tertiary alicyclic amines) is 1. The second-order valence-corrected chi connectivity index (χ2v) is 11.4. The van der Waals surface area contributed by atoms with Gasteiger partial charge in [0.15, 0.2) is 11.5 Å². The van der Waals surface area contributed by atoms with Gasteiger partial charge < -0.3 is 14.4 Å². The highest BCUT2D eigenvalue weighted by molar-refractivity contribution is 7.89. The molecule has 2 atom stereocenters. The quantitative estimate of drug-likeness (QED) is 0.678. The molecule has 1 aliphatic carbocycles. The smallest absolute Gasteiger partial charge is 0.243 e. The van der Waals surface area contributed by atoms with Crippen LogP contribution in [0.2, 0.25) is 0 Å². The normalized spacial score (nSPS) is 27.1. The van der Waals surface area contributed by atoms with E-state index >= 15 is 0 Å². The van der Waals surface area contributed by atoms with E-state index in [-0.39, 0.29) is 10.8 Å². The molecular formula is C23H33N3O5S. The number of nitrogens with zero attached hydrogens (tertiary/aromatic N) is 3. The van der Waals surface area contributed by atoms with Crippen LogP contribution in [0.3, 0.4) is 0 Å². The molecule has 0 aromatic heterocycles. The molecule has 5 rings (SSSR count). The number of amides is 1. The maximum absolute atomic E-state index is 13.1. The van der Waals surface area contributed by atoms with Gasteiger partial charge in [0.1, 0.15) is 13.2 Å². The Kier molecular flexibility index (Phi) is 6.31.